The maximum atomic E-state index is 12.3. The molecule has 1 atom stereocenters. The van der Waals surface area contributed by atoms with Gasteiger partial charge in [-0.25, -0.2) is 4.79 Å². The first kappa shape index (κ1) is 20.1. The molecule has 1 amide bonds. The molecule has 0 aliphatic carbocycles. The van der Waals surface area contributed by atoms with Gasteiger partial charge in [-0.15, -0.1) is 0 Å². The number of amides is 1. The van der Waals surface area contributed by atoms with Gasteiger partial charge >= 0.3 is 6.09 Å². The zero-order chi connectivity index (χ0) is 18.6. The topological polar surface area (TPSA) is 32.8 Å². The van der Waals surface area contributed by atoms with Crippen LogP contribution in [0.4, 0.5) is 4.79 Å². The highest BCUT2D eigenvalue weighted by Crippen LogP contribution is 2.22. The zero-order valence-corrected chi connectivity index (χ0v) is 16.8. The Morgan fingerprint density at radius 1 is 1.32 bits per heavy atom. The van der Waals surface area contributed by atoms with Gasteiger partial charge in [0.25, 0.3) is 0 Å². The van der Waals surface area contributed by atoms with Crippen molar-refractivity contribution in [2.45, 2.75) is 59.2 Å². The van der Waals surface area contributed by atoms with Crippen LogP contribution in [0.2, 0.25) is 5.02 Å². The molecule has 1 aromatic carbocycles. The summed E-state index contributed by atoms with van der Waals surface area (Å²) in [4.78, 5) is 16.6. The first-order valence-electron chi connectivity index (χ1n) is 9.10. The minimum atomic E-state index is -0.448. The van der Waals surface area contributed by atoms with Crippen LogP contribution in [0.5, 0.6) is 0 Å². The molecule has 0 radical (unpaired) electrons. The third-order valence-electron chi connectivity index (χ3n) is 4.23. The predicted octanol–water partition coefficient (Wildman–Crippen LogP) is 4.81. The summed E-state index contributed by atoms with van der Waals surface area (Å²) in [7, 11) is 0. The lowest BCUT2D eigenvalue weighted by Crippen LogP contribution is -2.41. The molecule has 0 N–H and O–H groups in total. The van der Waals surface area contributed by atoms with Gasteiger partial charge in [0.15, 0.2) is 0 Å². The Bertz CT molecular complexity index is 566. The highest BCUT2D eigenvalue weighted by molar-refractivity contribution is 6.30. The molecule has 2 rings (SSSR count). The molecule has 0 saturated carbocycles. The normalized spacial score (nSPS) is 18.2. The lowest BCUT2D eigenvalue weighted by atomic mass is 10.1. The lowest BCUT2D eigenvalue weighted by molar-refractivity contribution is 0.0277. The van der Waals surface area contributed by atoms with Crippen LogP contribution in [-0.2, 0) is 11.3 Å². The second-order valence-electron chi connectivity index (χ2n) is 8.32. The monoisotopic (exact) mass is 366 g/mol. The fourth-order valence-corrected chi connectivity index (χ4v) is 3.29. The van der Waals surface area contributed by atoms with Crippen molar-refractivity contribution in [1.29, 1.82) is 0 Å². The molecule has 5 heteroatoms. The molecule has 1 aliphatic heterocycles. The zero-order valence-electron chi connectivity index (χ0n) is 16.1. The third kappa shape index (κ3) is 6.52. The fourth-order valence-electron chi connectivity index (χ4n) is 3.17. The van der Waals surface area contributed by atoms with E-state index in [0.717, 1.165) is 37.6 Å². The van der Waals surface area contributed by atoms with Crippen LogP contribution >= 0.6 is 11.6 Å². The minimum Gasteiger partial charge on any atom is -0.444 e. The molecule has 140 valence electrons. The Morgan fingerprint density at radius 2 is 1.96 bits per heavy atom. The van der Waals surface area contributed by atoms with E-state index in [1.807, 2.05) is 37.8 Å². The number of benzene rings is 1. The fraction of sp³-hybridized carbons (Fsp3) is 0.650. The second-order valence-corrected chi connectivity index (χ2v) is 8.76. The lowest BCUT2D eigenvalue weighted by Gasteiger charge is -2.31. The van der Waals surface area contributed by atoms with E-state index in [-0.39, 0.29) is 6.09 Å². The minimum absolute atomic E-state index is 0.203. The van der Waals surface area contributed by atoms with Crippen LogP contribution in [0.15, 0.2) is 24.3 Å². The van der Waals surface area contributed by atoms with E-state index < -0.39 is 5.60 Å². The van der Waals surface area contributed by atoms with Crippen molar-refractivity contribution in [3.8, 4) is 0 Å². The van der Waals surface area contributed by atoms with Gasteiger partial charge in [0, 0.05) is 37.2 Å². The quantitative estimate of drug-likeness (QED) is 0.749. The van der Waals surface area contributed by atoms with E-state index >= 15 is 0 Å². The summed E-state index contributed by atoms with van der Waals surface area (Å²) in [6.07, 6.45) is 0.783. The van der Waals surface area contributed by atoms with Gasteiger partial charge in [-0.05, 0) is 50.8 Å². The first-order chi connectivity index (χ1) is 11.6. The van der Waals surface area contributed by atoms with Crippen LogP contribution < -0.4 is 0 Å². The highest BCUT2D eigenvalue weighted by atomic mass is 35.5. The van der Waals surface area contributed by atoms with Crippen molar-refractivity contribution in [3.63, 3.8) is 0 Å². The van der Waals surface area contributed by atoms with E-state index in [1.165, 1.54) is 5.56 Å². The Morgan fingerprint density at radius 3 is 2.52 bits per heavy atom. The summed E-state index contributed by atoms with van der Waals surface area (Å²) in [6, 6.07) is 8.40. The average molecular weight is 367 g/mol. The van der Waals surface area contributed by atoms with E-state index in [2.05, 4.69) is 30.9 Å². The van der Waals surface area contributed by atoms with Gasteiger partial charge in [-0.3, -0.25) is 4.90 Å². The van der Waals surface area contributed by atoms with Crippen molar-refractivity contribution in [3.05, 3.63) is 34.9 Å². The van der Waals surface area contributed by atoms with Gasteiger partial charge in [0.2, 0.25) is 0 Å². The van der Waals surface area contributed by atoms with Gasteiger partial charge in [0.1, 0.15) is 5.60 Å². The number of rotatable bonds is 5. The summed E-state index contributed by atoms with van der Waals surface area (Å²) in [5.74, 6) is 0.572. The largest absolute Gasteiger partial charge is 0.444 e. The summed E-state index contributed by atoms with van der Waals surface area (Å²) in [5.41, 5.74) is 0.802. The average Bonchev–Trinajstić information content (AvgIpc) is 2.96. The highest BCUT2D eigenvalue weighted by Gasteiger charge is 2.33. The first-order valence-corrected chi connectivity index (χ1v) is 9.48. The van der Waals surface area contributed by atoms with Gasteiger partial charge in [-0.1, -0.05) is 37.6 Å². The molecule has 4 nitrogen and oxygen atoms in total. The van der Waals surface area contributed by atoms with E-state index in [4.69, 9.17) is 16.3 Å². The number of carbonyl (C=O) groups is 1. The van der Waals surface area contributed by atoms with Crippen LogP contribution in [0.25, 0.3) is 0 Å². The number of nitrogens with zero attached hydrogens (tertiary/aromatic N) is 2. The molecule has 25 heavy (non-hydrogen) atoms. The van der Waals surface area contributed by atoms with Crippen LogP contribution in [0.3, 0.4) is 0 Å². The second kappa shape index (κ2) is 8.41. The smallest absolute Gasteiger partial charge is 0.410 e. The molecule has 1 saturated heterocycles. The van der Waals surface area contributed by atoms with Gasteiger partial charge in [0.05, 0.1) is 0 Å². The van der Waals surface area contributed by atoms with Crippen LogP contribution in [-0.4, -0.2) is 47.2 Å². The van der Waals surface area contributed by atoms with Gasteiger partial charge < -0.3 is 9.64 Å². The molecule has 1 aromatic rings. The SMILES string of the molecule is CC(C)CN(Cc1ccc(Cl)cc1)C1CCN(C(=O)OC(C)(C)C)C1. The summed E-state index contributed by atoms with van der Waals surface area (Å²) >= 11 is 5.99. The molecular formula is C20H31ClN2O2. The van der Waals surface area contributed by atoms with E-state index in [1.54, 1.807) is 0 Å². The van der Waals surface area contributed by atoms with Crippen LogP contribution in [0, 0.1) is 5.92 Å². The molecule has 0 spiro atoms. The Kier molecular flexibility index (Phi) is 6.75. The Labute approximate surface area is 157 Å². The van der Waals surface area contributed by atoms with Crippen molar-refractivity contribution in [1.82, 2.24) is 9.80 Å². The molecule has 1 aliphatic rings. The van der Waals surface area contributed by atoms with Crippen LogP contribution in [0.1, 0.15) is 46.6 Å². The number of hydrogen-bond acceptors (Lipinski definition) is 3. The molecular weight excluding hydrogens is 336 g/mol. The summed E-state index contributed by atoms with van der Waals surface area (Å²) in [5, 5.41) is 0.760. The Balaban J connectivity index is 2.01. The molecule has 1 unspecified atom stereocenters. The maximum absolute atomic E-state index is 12.3. The van der Waals surface area contributed by atoms with Crippen molar-refractivity contribution in [2.75, 3.05) is 19.6 Å². The van der Waals surface area contributed by atoms with E-state index in [0.29, 0.717) is 12.0 Å². The molecule has 1 heterocycles. The molecule has 0 aromatic heterocycles. The number of halogens is 1. The molecule has 1 fully saturated rings. The summed E-state index contributed by atoms with van der Waals surface area (Å²) < 4.78 is 5.52. The number of likely N-dealkylation sites (tertiary alicyclic amines) is 1. The van der Waals surface area contributed by atoms with Crippen molar-refractivity contribution < 1.29 is 9.53 Å². The molecule has 0 bridgehead atoms. The predicted molar refractivity (Wildman–Crippen MR) is 103 cm³/mol. The van der Waals surface area contributed by atoms with Crippen molar-refractivity contribution >= 4 is 17.7 Å². The number of carbonyl (C=O) groups excluding carboxylic acids is 1. The van der Waals surface area contributed by atoms with Crippen molar-refractivity contribution in [2.24, 2.45) is 5.92 Å². The standard InChI is InChI=1S/C20H31ClN2O2/c1-15(2)12-23(13-16-6-8-17(21)9-7-16)18-10-11-22(14-18)19(24)25-20(3,4)5/h6-9,15,18H,10-14H2,1-5H3. The third-order valence-corrected chi connectivity index (χ3v) is 4.48. The summed E-state index contributed by atoms with van der Waals surface area (Å²) in [6.45, 7) is 13.6. The number of hydrogen-bond donors (Lipinski definition) is 0. The van der Waals surface area contributed by atoms with E-state index in [9.17, 15) is 4.79 Å². The van der Waals surface area contributed by atoms with Gasteiger partial charge in [-0.2, -0.15) is 0 Å². The number of ether oxygens (including phenoxy) is 1. The Hall–Kier alpha value is -1.26. The maximum Gasteiger partial charge on any atom is 0.410 e.